The van der Waals surface area contributed by atoms with Crippen molar-refractivity contribution < 1.29 is 0 Å². The molecule has 0 saturated carbocycles. The zero-order valence-corrected chi connectivity index (χ0v) is 16.1. The van der Waals surface area contributed by atoms with E-state index in [0.29, 0.717) is 0 Å². The Morgan fingerprint density at radius 3 is 2.57 bits per heavy atom. The Kier molecular flexibility index (Phi) is 4.32. The summed E-state index contributed by atoms with van der Waals surface area (Å²) in [5.74, 6) is 0. The second-order valence-corrected chi connectivity index (χ2v) is 7.71. The first-order valence-corrected chi connectivity index (χ1v) is 8.83. The lowest BCUT2D eigenvalue weighted by atomic mass is 9.84. The molecule has 2 aromatic rings. The molecule has 0 N–H and O–H groups in total. The minimum atomic E-state index is -0.00151. The van der Waals surface area contributed by atoms with Gasteiger partial charge in [0.05, 0.1) is 5.69 Å². The van der Waals surface area contributed by atoms with Crippen LogP contribution in [0.4, 0.5) is 11.4 Å². The zero-order chi connectivity index (χ0) is 16.6. The second kappa shape index (κ2) is 6.11. The van der Waals surface area contributed by atoms with Gasteiger partial charge in [-0.25, -0.2) is 0 Å². The Hall–Kier alpha value is -1.62. The molecule has 23 heavy (non-hydrogen) atoms. The molecule has 0 spiro atoms. The number of aryl methyl sites for hydroxylation is 1. The monoisotopic (exact) mass is 416 g/mol. The maximum absolute atomic E-state index is 4.64. The summed E-state index contributed by atoms with van der Waals surface area (Å²) in [6, 6.07) is 14.9. The number of hydrogen-bond acceptors (Lipinski definition) is 2. The molecule has 1 aliphatic heterocycles. The minimum Gasteiger partial charge on any atom is -0.347 e. The van der Waals surface area contributed by atoms with Crippen LogP contribution in [0.3, 0.4) is 0 Å². The normalized spacial score (nSPS) is 18.0. The smallest absolute Gasteiger partial charge is 0.0659 e. The van der Waals surface area contributed by atoms with Crippen LogP contribution in [-0.2, 0) is 5.41 Å². The van der Waals surface area contributed by atoms with Crippen molar-refractivity contribution in [2.24, 2.45) is 4.99 Å². The Morgan fingerprint density at radius 1 is 1.13 bits per heavy atom. The van der Waals surface area contributed by atoms with Crippen LogP contribution in [0.1, 0.15) is 25.0 Å². The lowest BCUT2D eigenvalue weighted by molar-refractivity contribution is 0.641. The van der Waals surface area contributed by atoms with Gasteiger partial charge >= 0.3 is 0 Å². The largest absolute Gasteiger partial charge is 0.347 e. The molecule has 0 fully saturated rings. The van der Waals surface area contributed by atoms with E-state index in [4.69, 9.17) is 0 Å². The molecule has 0 amide bonds. The Labute approximate surface area is 152 Å². The highest BCUT2D eigenvalue weighted by Gasteiger charge is 2.37. The predicted molar refractivity (Wildman–Crippen MR) is 108 cm³/mol. The predicted octanol–water partition coefficient (Wildman–Crippen LogP) is 5.61. The van der Waals surface area contributed by atoms with E-state index in [1.165, 1.54) is 26.1 Å². The number of halogens is 1. The minimum absolute atomic E-state index is 0.00151. The molecular formula is C20H21IN2. The molecule has 3 rings (SSSR count). The first kappa shape index (κ1) is 16.2. The molecule has 2 nitrogen and oxygen atoms in total. The maximum atomic E-state index is 4.64. The number of rotatable bonds is 2. The Morgan fingerprint density at radius 2 is 1.87 bits per heavy atom. The van der Waals surface area contributed by atoms with Crippen molar-refractivity contribution in [3.05, 3.63) is 68.9 Å². The standard InChI is InChI=1S/C20H21IN2/c1-14-13-15(21)9-10-17(14)22-12-11-19-20(2,3)16-7-5-6-8-18(16)23(19)4/h5-13H,1-4H3/b19-11-,22-12?. The summed E-state index contributed by atoms with van der Waals surface area (Å²) >= 11 is 2.33. The zero-order valence-electron chi connectivity index (χ0n) is 14.0. The van der Waals surface area contributed by atoms with Gasteiger partial charge in [0.2, 0.25) is 0 Å². The number of hydrogen-bond donors (Lipinski definition) is 0. The molecular weight excluding hydrogens is 395 g/mol. The van der Waals surface area contributed by atoms with Crippen LogP contribution >= 0.6 is 22.6 Å². The number of nitrogens with zero attached hydrogens (tertiary/aromatic N) is 2. The van der Waals surface area contributed by atoms with Crippen LogP contribution in [-0.4, -0.2) is 13.3 Å². The fourth-order valence-corrected chi connectivity index (χ4v) is 3.90. The van der Waals surface area contributed by atoms with Gasteiger partial charge in [0.1, 0.15) is 0 Å². The number of fused-ring (bicyclic) bond motifs is 1. The fourth-order valence-electron chi connectivity index (χ4n) is 3.25. The molecule has 0 radical (unpaired) electrons. The van der Waals surface area contributed by atoms with Gasteiger partial charge in [-0.1, -0.05) is 32.0 Å². The third-order valence-electron chi connectivity index (χ3n) is 4.55. The van der Waals surface area contributed by atoms with E-state index >= 15 is 0 Å². The van der Waals surface area contributed by atoms with Gasteiger partial charge in [-0.3, -0.25) is 4.99 Å². The summed E-state index contributed by atoms with van der Waals surface area (Å²) in [5, 5.41) is 0. The first-order valence-electron chi connectivity index (χ1n) is 7.75. The average molecular weight is 416 g/mol. The highest BCUT2D eigenvalue weighted by atomic mass is 127. The van der Waals surface area contributed by atoms with Crippen molar-refractivity contribution in [3.8, 4) is 0 Å². The van der Waals surface area contributed by atoms with Gasteiger partial charge in [-0.05, 0) is 71.0 Å². The third-order valence-corrected chi connectivity index (χ3v) is 5.22. The van der Waals surface area contributed by atoms with Crippen molar-refractivity contribution in [3.63, 3.8) is 0 Å². The van der Waals surface area contributed by atoms with Crippen molar-refractivity contribution in [1.82, 2.24) is 0 Å². The van der Waals surface area contributed by atoms with Gasteiger partial charge in [0.25, 0.3) is 0 Å². The second-order valence-electron chi connectivity index (χ2n) is 6.46. The van der Waals surface area contributed by atoms with E-state index in [1.807, 2.05) is 6.21 Å². The third kappa shape index (κ3) is 2.94. The number of likely N-dealkylation sites (N-methyl/N-ethyl adjacent to an activating group) is 1. The summed E-state index contributed by atoms with van der Waals surface area (Å²) in [6.45, 7) is 6.64. The molecule has 0 atom stereocenters. The van der Waals surface area contributed by atoms with Gasteiger partial charge in [-0.2, -0.15) is 0 Å². The van der Waals surface area contributed by atoms with Crippen LogP contribution < -0.4 is 4.90 Å². The molecule has 118 valence electrons. The van der Waals surface area contributed by atoms with E-state index < -0.39 is 0 Å². The van der Waals surface area contributed by atoms with Gasteiger partial charge in [-0.15, -0.1) is 0 Å². The average Bonchev–Trinajstić information content (AvgIpc) is 2.70. The number of benzene rings is 2. The lowest BCUT2D eigenvalue weighted by Crippen LogP contribution is -2.23. The molecule has 0 aliphatic carbocycles. The number of anilines is 1. The summed E-state index contributed by atoms with van der Waals surface area (Å²) in [7, 11) is 2.13. The van der Waals surface area contributed by atoms with Crippen LogP contribution in [0.5, 0.6) is 0 Å². The summed E-state index contributed by atoms with van der Waals surface area (Å²) in [6.07, 6.45) is 4.06. The van der Waals surface area contributed by atoms with Crippen molar-refractivity contribution in [1.29, 1.82) is 0 Å². The number of aliphatic imine (C=N–C) groups is 1. The SMILES string of the molecule is Cc1cc(I)ccc1N=C/C=C1\N(C)c2ccccc2C1(C)C. The van der Waals surface area contributed by atoms with E-state index in [9.17, 15) is 0 Å². The fraction of sp³-hybridized carbons (Fsp3) is 0.250. The van der Waals surface area contributed by atoms with Crippen LogP contribution in [0, 0.1) is 10.5 Å². The maximum Gasteiger partial charge on any atom is 0.0659 e. The van der Waals surface area contributed by atoms with Crippen molar-refractivity contribution in [2.75, 3.05) is 11.9 Å². The quantitative estimate of drug-likeness (QED) is 0.459. The van der Waals surface area contributed by atoms with Crippen molar-refractivity contribution in [2.45, 2.75) is 26.2 Å². The Bertz CT molecular complexity index is 803. The highest BCUT2D eigenvalue weighted by molar-refractivity contribution is 14.1. The lowest BCUT2D eigenvalue weighted by Gasteiger charge is -2.23. The highest BCUT2D eigenvalue weighted by Crippen LogP contribution is 2.46. The number of allylic oxidation sites excluding steroid dienone is 2. The summed E-state index contributed by atoms with van der Waals surface area (Å²) in [4.78, 5) is 6.91. The molecule has 0 saturated heterocycles. The number of para-hydroxylation sites is 1. The van der Waals surface area contributed by atoms with Crippen LogP contribution in [0.15, 0.2) is 59.2 Å². The van der Waals surface area contributed by atoms with Crippen LogP contribution in [0.2, 0.25) is 0 Å². The topological polar surface area (TPSA) is 15.6 Å². The summed E-state index contributed by atoms with van der Waals surface area (Å²) < 4.78 is 1.24. The molecule has 1 heterocycles. The summed E-state index contributed by atoms with van der Waals surface area (Å²) in [5.41, 5.74) is 6.14. The van der Waals surface area contributed by atoms with Gasteiger partial charge in [0.15, 0.2) is 0 Å². The van der Waals surface area contributed by atoms with E-state index in [2.05, 4.69) is 109 Å². The molecule has 0 aromatic heterocycles. The van der Waals surface area contributed by atoms with Gasteiger partial charge in [0, 0.05) is 33.6 Å². The first-order chi connectivity index (χ1) is 10.9. The van der Waals surface area contributed by atoms with E-state index in [-0.39, 0.29) is 5.41 Å². The van der Waals surface area contributed by atoms with E-state index in [0.717, 1.165) is 5.69 Å². The van der Waals surface area contributed by atoms with Crippen LogP contribution in [0.25, 0.3) is 0 Å². The van der Waals surface area contributed by atoms with Gasteiger partial charge < -0.3 is 4.90 Å². The molecule has 0 bridgehead atoms. The molecule has 2 aromatic carbocycles. The molecule has 3 heteroatoms. The molecule has 1 aliphatic rings. The Balaban J connectivity index is 1.93. The van der Waals surface area contributed by atoms with Crippen molar-refractivity contribution >= 4 is 40.2 Å². The molecule has 0 unspecified atom stereocenters. The van der Waals surface area contributed by atoms with E-state index in [1.54, 1.807) is 0 Å².